The first-order valence-corrected chi connectivity index (χ1v) is 4.58. The second kappa shape index (κ2) is 3.75. The zero-order valence-corrected chi connectivity index (χ0v) is 7.50. The van der Waals surface area contributed by atoms with Crippen molar-refractivity contribution in [1.82, 2.24) is 0 Å². The minimum atomic E-state index is -0.326. The Morgan fingerprint density at radius 1 is 1.82 bits per heavy atom. The van der Waals surface area contributed by atoms with Crippen LogP contribution in [0.5, 0.6) is 0 Å². The molecule has 0 aliphatic carbocycles. The van der Waals surface area contributed by atoms with Crippen molar-refractivity contribution in [1.29, 1.82) is 0 Å². The number of carbonyl (C=O) groups excluding carboxylic acids is 1. The van der Waals surface area contributed by atoms with E-state index in [1.165, 1.54) is 18.4 Å². The van der Waals surface area contributed by atoms with E-state index in [0.717, 1.165) is 16.8 Å². The van der Waals surface area contributed by atoms with Crippen LogP contribution in [0, 0.1) is 0 Å². The van der Waals surface area contributed by atoms with E-state index in [1.54, 1.807) is 11.4 Å². The second-order valence-corrected chi connectivity index (χ2v) is 3.32. The van der Waals surface area contributed by atoms with Crippen molar-refractivity contribution in [3.63, 3.8) is 0 Å². The maximum absolute atomic E-state index is 11.0. The lowest BCUT2D eigenvalue weighted by Crippen LogP contribution is -1.99. The smallest absolute Gasteiger partial charge is 0.349 e. The molecule has 0 saturated heterocycles. The summed E-state index contributed by atoms with van der Waals surface area (Å²) in [5.74, 6) is -0.326. The van der Waals surface area contributed by atoms with Gasteiger partial charge in [-0.15, -0.1) is 11.3 Å². The number of hydrogen-bond donors (Lipinski definition) is 1. The van der Waals surface area contributed by atoms with Gasteiger partial charge in [-0.1, -0.05) is 0 Å². The highest BCUT2D eigenvalue weighted by Gasteiger charge is 2.12. The molecular weight excluding hydrogens is 182 g/mol. The summed E-state index contributed by atoms with van der Waals surface area (Å²) in [5, 5.41) is 7.11. The van der Waals surface area contributed by atoms with Gasteiger partial charge >= 0.3 is 5.97 Å². The van der Waals surface area contributed by atoms with Crippen LogP contribution in [0.3, 0.4) is 0 Å². The van der Waals surface area contributed by atoms with Gasteiger partial charge in [0.2, 0.25) is 0 Å². The lowest BCUT2D eigenvalue weighted by molar-refractivity contribution is 0.0603. The molecular formula is C6H7NO2S2. The van der Waals surface area contributed by atoms with Gasteiger partial charge in [0.1, 0.15) is 4.88 Å². The lowest BCUT2D eigenvalue weighted by atomic mass is 10.5. The third kappa shape index (κ3) is 1.74. The number of nitrogens with two attached hydrogens (primary N) is 1. The Morgan fingerprint density at radius 2 is 2.55 bits per heavy atom. The van der Waals surface area contributed by atoms with E-state index < -0.39 is 0 Å². The number of thiophene rings is 1. The average molecular weight is 189 g/mol. The third-order valence-corrected chi connectivity index (χ3v) is 2.74. The zero-order valence-electron chi connectivity index (χ0n) is 5.87. The Kier molecular flexibility index (Phi) is 2.92. The number of esters is 1. The van der Waals surface area contributed by atoms with Gasteiger partial charge in [0.15, 0.2) is 0 Å². The number of hydrogen-bond acceptors (Lipinski definition) is 5. The Balaban J connectivity index is 2.92. The predicted molar refractivity (Wildman–Crippen MR) is 45.7 cm³/mol. The molecule has 0 bridgehead atoms. The summed E-state index contributed by atoms with van der Waals surface area (Å²) in [4.78, 5) is 12.3. The van der Waals surface area contributed by atoms with Gasteiger partial charge in [-0.3, -0.25) is 5.14 Å². The molecule has 0 atom stereocenters. The van der Waals surface area contributed by atoms with Crippen LogP contribution in [0.4, 0.5) is 0 Å². The standard InChI is InChI=1S/C6H7NO2S2/c1-9-6(8)5-4(11-7)2-3-10-5/h2-3H,7H2,1H3. The van der Waals surface area contributed by atoms with E-state index in [0.29, 0.717) is 4.88 Å². The minimum Gasteiger partial charge on any atom is -0.465 e. The second-order valence-electron chi connectivity index (χ2n) is 1.72. The molecule has 0 radical (unpaired) electrons. The fraction of sp³-hybridized carbons (Fsp3) is 0.167. The van der Waals surface area contributed by atoms with Crippen molar-refractivity contribution >= 4 is 29.3 Å². The molecule has 2 N–H and O–H groups in total. The molecule has 0 unspecified atom stereocenters. The Labute approximate surface area is 72.7 Å². The quantitative estimate of drug-likeness (QED) is 0.566. The van der Waals surface area contributed by atoms with Crippen LogP contribution in [0.15, 0.2) is 16.3 Å². The molecule has 0 amide bonds. The first-order valence-electron chi connectivity index (χ1n) is 2.82. The minimum absolute atomic E-state index is 0.326. The molecule has 11 heavy (non-hydrogen) atoms. The fourth-order valence-electron chi connectivity index (χ4n) is 0.632. The van der Waals surface area contributed by atoms with Crippen molar-refractivity contribution < 1.29 is 9.53 Å². The zero-order chi connectivity index (χ0) is 8.27. The number of rotatable bonds is 2. The summed E-state index contributed by atoms with van der Waals surface area (Å²) in [6.45, 7) is 0. The van der Waals surface area contributed by atoms with Gasteiger partial charge in [-0.25, -0.2) is 4.79 Å². The molecule has 5 heteroatoms. The molecule has 1 aromatic rings. The van der Waals surface area contributed by atoms with Gasteiger partial charge in [-0.05, 0) is 23.4 Å². The summed E-state index contributed by atoms with van der Waals surface area (Å²) in [5.41, 5.74) is 0. The van der Waals surface area contributed by atoms with Crippen molar-refractivity contribution in [2.24, 2.45) is 5.14 Å². The largest absolute Gasteiger partial charge is 0.465 e. The first-order chi connectivity index (χ1) is 5.29. The van der Waals surface area contributed by atoms with Crippen LogP contribution in [-0.4, -0.2) is 13.1 Å². The highest BCUT2D eigenvalue weighted by molar-refractivity contribution is 7.97. The number of carbonyl (C=O) groups is 1. The molecule has 60 valence electrons. The van der Waals surface area contributed by atoms with Crippen molar-refractivity contribution in [2.45, 2.75) is 4.90 Å². The van der Waals surface area contributed by atoms with Gasteiger partial charge in [-0.2, -0.15) is 0 Å². The molecule has 0 spiro atoms. The summed E-state index contributed by atoms with van der Waals surface area (Å²) < 4.78 is 4.54. The maximum atomic E-state index is 11.0. The summed E-state index contributed by atoms with van der Waals surface area (Å²) in [6, 6.07) is 1.79. The van der Waals surface area contributed by atoms with E-state index in [-0.39, 0.29) is 5.97 Å². The summed E-state index contributed by atoms with van der Waals surface area (Å²) >= 11 is 2.39. The highest BCUT2D eigenvalue weighted by Crippen LogP contribution is 2.24. The van der Waals surface area contributed by atoms with Crippen LogP contribution < -0.4 is 5.14 Å². The Hall–Kier alpha value is -0.520. The van der Waals surface area contributed by atoms with Gasteiger partial charge < -0.3 is 4.74 Å². The highest BCUT2D eigenvalue weighted by atomic mass is 32.2. The molecule has 0 fully saturated rings. The Bertz CT molecular complexity index is 259. The van der Waals surface area contributed by atoms with Gasteiger partial charge in [0, 0.05) is 4.90 Å². The normalized spacial score (nSPS) is 9.64. The predicted octanol–water partition coefficient (Wildman–Crippen LogP) is 1.50. The lowest BCUT2D eigenvalue weighted by Gasteiger charge is -1.96. The molecule has 1 aromatic heterocycles. The van der Waals surface area contributed by atoms with Crippen LogP contribution in [0.25, 0.3) is 0 Å². The fourth-order valence-corrected chi connectivity index (χ4v) is 2.05. The van der Waals surface area contributed by atoms with E-state index >= 15 is 0 Å². The van der Waals surface area contributed by atoms with E-state index in [4.69, 9.17) is 5.14 Å². The molecule has 1 rings (SSSR count). The number of ether oxygens (including phenoxy) is 1. The van der Waals surface area contributed by atoms with E-state index in [2.05, 4.69) is 4.74 Å². The van der Waals surface area contributed by atoms with Crippen LogP contribution >= 0.6 is 23.3 Å². The van der Waals surface area contributed by atoms with Crippen LogP contribution in [-0.2, 0) is 4.74 Å². The monoisotopic (exact) mass is 189 g/mol. The van der Waals surface area contributed by atoms with Crippen molar-refractivity contribution in [3.05, 3.63) is 16.3 Å². The topological polar surface area (TPSA) is 52.3 Å². The van der Waals surface area contributed by atoms with Crippen LogP contribution in [0.2, 0.25) is 0 Å². The molecule has 0 aliphatic rings. The number of methoxy groups -OCH3 is 1. The molecule has 0 saturated carbocycles. The van der Waals surface area contributed by atoms with Crippen molar-refractivity contribution in [3.8, 4) is 0 Å². The molecule has 0 aromatic carbocycles. The Morgan fingerprint density at radius 3 is 3.09 bits per heavy atom. The van der Waals surface area contributed by atoms with Crippen molar-refractivity contribution in [2.75, 3.05) is 7.11 Å². The average Bonchev–Trinajstić information content (AvgIpc) is 2.50. The van der Waals surface area contributed by atoms with E-state index in [1.807, 2.05) is 0 Å². The molecule has 1 heterocycles. The SMILES string of the molecule is COC(=O)c1sccc1SN. The van der Waals surface area contributed by atoms with Crippen LogP contribution in [0.1, 0.15) is 9.67 Å². The van der Waals surface area contributed by atoms with Gasteiger partial charge in [0.25, 0.3) is 0 Å². The maximum Gasteiger partial charge on any atom is 0.349 e. The molecule has 3 nitrogen and oxygen atoms in total. The first kappa shape index (κ1) is 8.58. The van der Waals surface area contributed by atoms with E-state index in [9.17, 15) is 4.79 Å². The third-order valence-electron chi connectivity index (χ3n) is 1.13. The molecule has 0 aliphatic heterocycles. The van der Waals surface area contributed by atoms with Gasteiger partial charge in [0.05, 0.1) is 7.11 Å². The summed E-state index contributed by atoms with van der Waals surface area (Å²) in [6.07, 6.45) is 0. The summed E-state index contributed by atoms with van der Waals surface area (Å²) in [7, 11) is 1.35.